The van der Waals surface area contributed by atoms with Crippen molar-refractivity contribution in [1.82, 2.24) is 0 Å². The number of hydrogen-bond acceptors (Lipinski definition) is 19. The van der Waals surface area contributed by atoms with Crippen LogP contribution in [0.25, 0.3) is 0 Å². The fourth-order valence-electron chi connectivity index (χ4n) is 18.1. The second-order valence-corrected chi connectivity index (χ2v) is 27.3. The lowest BCUT2D eigenvalue weighted by Crippen LogP contribution is -2.62. The van der Waals surface area contributed by atoms with Crippen LogP contribution in [0, 0.1) is 23.7 Å². The Balaban J connectivity index is 0.667. The van der Waals surface area contributed by atoms with Crippen molar-refractivity contribution in [1.29, 1.82) is 0 Å². The zero-order valence-corrected chi connectivity index (χ0v) is 45.9. The molecule has 3 spiro atoms. The predicted molar refractivity (Wildman–Crippen MR) is 271 cm³/mol. The first-order valence-corrected chi connectivity index (χ1v) is 30.4. The van der Waals surface area contributed by atoms with E-state index in [1.165, 1.54) is 0 Å². The molecule has 0 amide bonds. The minimum Gasteiger partial charge on any atom is -0.459 e. The SMILES string of the molecule is C=C1C[C@@H]2CC[C@@]34CC5(O)O[C@H]6[C@@H](O3)[C@H]3O[C@H](CC[C@@H]3O[C@H]6[C@H]5O4)CC(=O)O[C@@H]3[C@@H](C)[C@@H]4O[C@@H]5C[C@]6(C[C@@H]7O[C@]8(C[C@H](C)[C@@H]9O[C@H](CCN)[C@H](O)C[C@@H]9O8)C[C@H](C)[C@@H]7O6)O[C@@H]5C[C@@H]4O[C@H]3C[C@H]3O[C@@H](CC[C@@H]1O2)C[C@@H](C)C3=C. The van der Waals surface area contributed by atoms with E-state index in [9.17, 15) is 15.0 Å². The van der Waals surface area contributed by atoms with Gasteiger partial charge in [0.2, 0.25) is 5.79 Å². The maximum atomic E-state index is 14.6. The number of hydrogen-bond donors (Lipinski definition) is 3. The van der Waals surface area contributed by atoms with E-state index in [1.807, 2.05) is 0 Å². The molecule has 16 aliphatic heterocycles. The van der Waals surface area contributed by atoms with Crippen molar-refractivity contribution >= 4 is 5.97 Å². The molecule has 16 saturated heterocycles. The summed E-state index contributed by atoms with van der Waals surface area (Å²) in [7, 11) is 0. The van der Waals surface area contributed by atoms with Gasteiger partial charge in [-0.2, -0.15) is 0 Å². The lowest BCUT2D eigenvalue weighted by atomic mass is 9.78. The fraction of sp³-hybridized carbons (Fsp3) is 0.915. The summed E-state index contributed by atoms with van der Waals surface area (Å²) >= 11 is 0. The number of nitrogens with two attached hydrogens (primary N) is 1. The average molecular weight is 1100 g/mol. The van der Waals surface area contributed by atoms with Gasteiger partial charge in [0, 0.05) is 57.3 Å². The van der Waals surface area contributed by atoms with Crippen LogP contribution in [0.1, 0.15) is 143 Å². The van der Waals surface area contributed by atoms with Gasteiger partial charge >= 0.3 is 5.97 Å². The molecule has 12 bridgehead atoms. The summed E-state index contributed by atoms with van der Waals surface area (Å²) in [4.78, 5) is 14.6. The van der Waals surface area contributed by atoms with E-state index in [1.54, 1.807) is 0 Å². The number of carbonyl (C=O) groups is 1. The molecule has 16 rings (SSSR count). The molecule has 31 atom stereocenters. The highest BCUT2D eigenvalue weighted by atomic mass is 16.8. The molecule has 0 aromatic carbocycles. The minimum atomic E-state index is -1.54. The largest absolute Gasteiger partial charge is 0.459 e. The van der Waals surface area contributed by atoms with Crippen LogP contribution in [0.4, 0.5) is 0 Å². The first-order chi connectivity index (χ1) is 37.4. The summed E-state index contributed by atoms with van der Waals surface area (Å²) in [5.74, 6) is -4.51. The molecule has 0 saturated carbocycles. The number of esters is 1. The maximum Gasteiger partial charge on any atom is 0.308 e. The van der Waals surface area contributed by atoms with Crippen molar-refractivity contribution in [2.24, 2.45) is 29.4 Å². The Labute approximate surface area is 457 Å². The summed E-state index contributed by atoms with van der Waals surface area (Å²) in [6.07, 6.45) is 1.82. The first-order valence-electron chi connectivity index (χ1n) is 30.4. The Bertz CT molecular complexity index is 2350. The van der Waals surface area contributed by atoms with Gasteiger partial charge in [-0.1, -0.05) is 40.9 Å². The molecular formula is C59H85NO18. The Hall–Kier alpha value is -1.73. The standard InChI is InChI=1S/C59H85NO18/c1-26-15-32-7-9-36-27(2)16-34(64-36)11-13-56-25-59(63)55(78-56)54-53(77-59)52(76-56)51-38(69-54)10-8-33(66-51)17-46(62)71-50-31(6)49-42(67-41(50)19-39(65-32)30(26)5)20-40-44(70-49)23-58(72-40)24-45-48(75-58)29(4)22-57(74-45)21-28(3)47-43(73-57)18-35(61)37(68-47)12-14-60/h26,28-29,31-45,47-55,61,63H,2,5,7-25,60H2,1,3-4,6H3/t26-,28+,29+,31+,32+,33-,34+,35-,36+,37-,38+,39-,40-,41+,42+,43+,44-,45+,47+,48+,49+,50-,51+,52+,53+,54-,55-,56-,57-,58+,59?/m1/s1. The van der Waals surface area contributed by atoms with E-state index in [0.717, 1.165) is 36.8 Å². The molecule has 1 unspecified atom stereocenters. The molecule has 0 radical (unpaired) electrons. The summed E-state index contributed by atoms with van der Waals surface area (Å²) < 4.78 is 103. The van der Waals surface area contributed by atoms with Crippen LogP contribution < -0.4 is 5.73 Å². The molecule has 0 aromatic heterocycles. The molecule has 4 N–H and O–H groups in total. The number of rotatable bonds is 2. The van der Waals surface area contributed by atoms with E-state index in [-0.39, 0.29) is 128 Å². The highest BCUT2D eigenvalue weighted by Gasteiger charge is 2.75. The maximum absolute atomic E-state index is 14.6. The summed E-state index contributed by atoms with van der Waals surface area (Å²) in [5.41, 5.74) is 7.97. The van der Waals surface area contributed by atoms with Gasteiger partial charge in [0.15, 0.2) is 17.4 Å². The van der Waals surface area contributed by atoms with Crippen LogP contribution in [0.3, 0.4) is 0 Å². The Morgan fingerprint density at radius 3 is 2.10 bits per heavy atom. The zero-order valence-electron chi connectivity index (χ0n) is 45.9. The monoisotopic (exact) mass is 1100 g/mol. The van der Waals surface area contributed by atoms with Crippen molar-refractivity contribution < 1.29 is 86.1 Å². The number of aliphatic hydroxyl groups is 2. The summed E-state index contributed by atoms with van der Waals surface area (Å²) in [5, 5.41) is 22.9. The summed E-state index contributed by atoms with van der Waals surface area (Å²) in [6, 6.07) is 0. The molecule has 78 heavy (non-hydrogen) atoms. The highest BCUT2D eigenvalue weighted by Crippen LogP contribution is 2.59. The predicted octanol–water partition coefficient (Wildman–Crippen LogP) is 4.85. The molecule has 0 aliphatic carbocycles. The third kappa shape index (κ3) is 8.85. The van der Waals surface area contributed by atoms with E-state index >= 15 is 0 Å². The molecule has 434 valence electrons. The molecule has 16 heterocycles. The smallest absolute Gasteiger partial charge is 0.308 e. The van der Waals surface area contributed by atoms with Crippen molar-refractivity contribution in [2.45, 2.75) is 307 Å². The van der Waals surface area contributed by atoms with Gasteiger partial charge in [-0.25, -0.2) is 0 Å². The Morgan fingerprint density at radius 2 is 1.26 bits per heavy atom. The Morgan fingerprint density at radius 1 is 0.551 bits per heavy atom. The number of ether oxygens (including phenoxy) is 15. The lowest BCUT2D eigenvalue weighted by Gasteiger charge is -2.54. The number of aliphatic hydroxyl groups excluding tert-OH is 1. The third-order valence-corrected chi connectivity index (χ3v) is 21.7. The molecule has 16 aliphatic rings. The number of carbonyl (C=O) groups excluding carboxylic acids is 1. The van der Waals surface area contributed by atoms with Crippen molar-refractivity contribution in [2.75, 3.05) is 6.54 Å². The molecule has 19 nitrogen and oxygen atoms in total. The molecule has 0 aromatic rings. The quantitative estimate of drug-likeness (QED) is 0.248. The van der Waals surface area contributed by atoms with Gasteiger partial charge in [-0.3, -0.25) is 4.79 Å². The van der Waals surface area contributed by atoms with Crippen LogP contribution in [0.5, 0.6) is 0 Å². The molecular weight excluding hydrogens is 1010 g/mol. The topological polar surface area (TPSA) is 222 Å². The second kappa shape index (κ2) is 19.4. The average Bonchev–Trinajstić information content (AvgIpc) is 3.47. The zero-order chi connectivity index (χ0) is 53.4. The van der Waals surface area contributed by atoms with Crippen molar-refractivity contribution in [3.63, 3.8) is 0 Å². The van der Waals surface area contributed by atoms with Crippen molar-refractivity contribution in [3.8, 4) is 0 Å². The fourth-order valence-corrected chi connectivity index (χ4v) is 18.1. The van der Waals surface area contributed by atoms with Gasteiger partial charge in [-0.05, 0) is 86.8 Å². The molecule has 19 heteroatoms. The molecule has 16 fully saturated rings. The van der Waals surface area contributed by atoms with E-state index in [0.29, 0.717) is 83.6 Å². The lowest BCUT2D eigenvalue weighted by molar-refractivity contribution is -0.371. The normalized spacial score (nSPS) is 59.0. The van der Waals surface area contributed by atoms with Gasteiger partial charge in [0.1, 0.15) is 36.6 Å². The van der Waals surface area contributed by atoms with Crippen LogP contribution in [-0.2, 0) is 75.8 Å². The van der Waals surface area contributed by atoms with Gasteiger partial charge < -0.3 is 87.0 Å². The first kappa shape index (κ1) is 53.0. The Kier molecular flexibility index (Phi) is 13.2. The summed E-state index contributed by atoms with van der Waals surface area (Å²) in [6.45, 7) is 18.3. The van der Waals surface area contributed by atoms with Crippen LogP contribution >= 0.6 is 0 Å². The van der Waals surface area contributed by atoms with Gasteiger partial charge in [-0.15, -0.1) is 0 Å². The van der Waals surface area contributed by atoms with E-state index < -0.39 is 78.1 Å². The van der Waals surface area contributed by atoms with Crippen LogP contribution in [0.2, 0.25) is 0 Å². The van der Waals surface area contributed by atoms with Crippen molar-refractivity contribution in [3.05, 3.63) is 24.3 Å². The minimum absolute atomic E-state index is 0.0263. The van der Waals surface area contributed by atoms with Crippen LogP contribution in [-0.4, -0.2) is 186 Å². The highest BCUT2D eigenvalue weighted by molar-refractivity contribution is 5.70. The number of fused-ring (bicyclic) bond motifs is 10. The van der Waals surface area contributed by atoms with Gasteiger partial charge in [0.05, 0.1) is 117 Å². The van der Waals surface area contributed by atoms with Gasteiger partial charge in [0.25, 0.3) is 0 Å². The van der Waals surface area contributed by atoms with E-state index in [4.69, 9.17) is 76.8 Å². The van der Waals surface area contributed by atoms with Crippen LogP contribution in [0.15, 0.2) is 24.3 Å². The van der Waals surface area contributed by atoms with E-state index in [2.05, 4.69) is 40.9 Å². The third-order valence-electron chi connectivity index (χ3n) is 21.7. The second-order valence-electron chi connectivity index (χ2n) is 27.3.